The van der Waals surface area contributed by atoms with Crippen molar-refractivity contribution in [2.75, 3.05) is 33.3 Å². The Bertz CT molecular complexity index is 1000. The minimum Gasteiger partial charge on any atom is -0.497 e. The first-order valence-electron chi connectivity index (χ1n) is 10.2. The molecule has 0 spiro atoms. The molecule has 1 atom stereocenters. The Labute approximate surface area is 184 Å². The maximum atomic E-state index is 13.2. The smallest absolute Gasteiger partial charge is 0.312 e. The van der Waals surface area contributed by atoms with Crippen LogP contribution in [0, 0.1) is 0 Å². The molecule has 3 amide bonds. The van der Waals surface area contributed by atoms with Gasteiger partial charge in [0.2, 0.25) is 0 Å². The lowest BCUT2D eigenvalue weighted by atomic mass is 10.0. The van der Waals surface area contributed by atoms with Crippen molar-refractivity contribution < 1.29 is 19.1 Å². The van der Waals surface area contributed by atoms with Gasteiger partial charge in [0.15, 0.2) is 0 Å². The third-order valence-corrected chi connectivity index (χ3v) is 6.50. The van der Waals surface area contributed by atoms with Crippen LogP contribution in [0.2, 0.25) is 0 Å². The Kier molecular flexibility index (Phi) is 6.03. The molecule has 0 aliphatic carbocycles. The number of thiophene rings is 1. The molecule has 1 aromatic heterocycles. The molecular weight excluding hydrogens is 416 g/mol. The second kappa shape index (κ2) is 8.89. The summed E-state index contributed by atoms with van der Waals surface area (Å²) in [6.45, 7) is 2.91. The van der Waals surface area contributed by atoms with Gasteiger partial charge in [-0.1, -0.05) is 18.2 Å². The Balaban J connectivity index is 1.56. The maximum Gasteiger partial charge on any atom is 0.312 e. The van der Waals surface area contributed by atoms with Crippen molar-refractivity contribution in [3.05, 3.63) is 52.2 Å². The molecule has 31 heavy (non-hydrogen) atoms. The van der Waals surface area contributed by atoms with Crippen LogP contribution in [0.5, 0.6) is 5.75 Å². The molecule has 8 nitrogen and oxygen atoms in total. The van der Waals surface area contributed by atoms with Crippen LogP contribution in [0.1, 0.15) is 29.8 Å². The monoisotopic (exact) mass is 440 g/mol. The van der Waals surface area contributed by atoms with Crippen LogP contribution >= 0.6 is 11.3 Å². The zero-order chi connectivity index (χ0) is 22.0. The van der Waals surface area contributed by atoms with E-state index in [0.29, 0.717) is 26.1 Å². The Morgan fingerprint density at radius 2 is 1.84 bits per heavy atom. The van der Waals surface area contributed by atoms with E-state index in [1.807, 2.05) is 48.7 Å². The molecule has 0 radical (unpaired) electrons. The number of benzene rings is 1. The molecule has 0 saturated carbocycles. The topological polar surface area (TPSA) is 82.5 Å². The molecule has 2 aliphatic heterocycles. The van der Waals surface area contributed by atoms with Crippen LogP contribution in [-0.4, -0.2) is 71.5 Å². The minimum absolute atomic E-state index is 0.171. The molecule has 3 heterocycles. The van der Waals surface area contributed by atoms with Crippen LogP contribution in [0.3, 0.4) is 0 Å². The number of hydrazone groups is 1. The fraction of sp³-hybridized carbons (Fsp3) is 0.364. The summed E-state index contributed by atoms with van der Waals surface area (Å²) in [4.78, 5) is 41.7. The van der Waals surface area contributed by atoms with Gasteiger partial charge in [0.1, 0.15) is 12.3 Å². The highest BCUT2D eigenvalue weighted by molar-refractivity contribution is 7.12. The summed E-state index contributed by atoms with van der Waals surface area (Å²) >= 11 is 1.57. The van der Waals surface area contributed by atoms with Gasteiger partial charge in [0.25, 0.3) is 5.91 Å². The Morgan fingerprint density at radius 1 is 1.13 bits per heavy atom. The average molecular weight is 441 g/mol. The lowest BCUT2D eigenvalue weighted by molar-refractivity contribution is -0.157. The average Bonchev–Trinajstić information content (AvgIpc) is 3.47. The van der Waals surface area contributed by atoms with Crippen molar-refractivity contribution in [1.82, 2.24) is 14.8 Å². The van der Waals surface area contributed by atoms with Crippen LogP contribution in [0.25, 0.3) is 0 Å². The summed E-state index contributed by atoms with van der Waals surface area (Å²) in [5.74, 6) is -0.767. The van der Waals surface area contributed by atoms with Crippen LogP contribution in [0.4, 0.5) is 0 Å². The number of ether oxygens (including phenoxy) is 1. The van der Waals surface area contributed by atoms with E-state index in [1.165, 1.54) is 14.8 Å². The predicted molar refractivity (Wildman–Crippen MR) is 117 cm³/mol. The number of piperazine rings is 1. The SMILES string of the molecule is CCN1CCN(CC(=O)N2N=C(c3cccs3)C[C@H]2c2ccc(OC)cc2)C(=O)C1=O. The first kappa shape index (κ1) is 21.0. The molecule has 2 aliphatic rings. The molecule has 0 N–H and O–H groups in total. The number of methoxy groups -OCH3 is 1. The van der Waals surface area contributed by atoms with E-state index in [0.717, 1.165) is 21.9 Å². The molecule has 9 heteroatoms. The summed E-state index contributed by atoms with van der Waals surface area (Å²) in [7, 11) is 1.61. The third kappa shape index (κ3) is 4.18. The zero-order valence-corrected chi connectivity index (χ0v) is 18.3. The number of nitrogens with zero attached hydrogens (tertiary/aromatic N) is 4. The van der Waals surface area contributed by atoms with Gasteiger partial charge in [-0.2, -0.15) is 5.10 Å². The number of hydrogen-bond donors (Lipinski definition) is 0. The molecule has 162 valence electrons. The number of carbonyl (C=O) groups is 3. The van der Waals surface area contributed by atoms with E-state index in [4.69, 9.17) is 4.74 Å². The quantitative estimate of drug-likeness (QED) is 0.645. The standard InChI is InChI=1S/C22H24N4O4S/c1-3-24-10-11-25(22(29)21(24)28)14-20(27)26-18(15-6-8-16(30-2)9-7-15)13-17(23-26)19-5-4-12-31-19/h4-9,12,18H,3,10-11,13-14H2,1-2H3/t18-/m0/s1. The Hall–Kier alpha value is -3.20. The summed E-state index contributed by atoms with van der Waals surface area (Å²) in [6, 6.07) is 11.2. The van der Waals surface area contributed by atoms with E-state index in [1.54, 1.807) is 18.4 Å². The van der Waals surface area contributed by atoms with Crippen molar-refractivity contribution in [3.63, 3.8) is 0 Å². The first-order chi connectivity index (χ1) is 15.0. The van der Waals surface area contributed by atoms with Gasteiger partial charge in [-0.3, -0.25) is 14.4 Å². The summed E-state index contributed by atoms with van der Waals surface area (Å²) < 4.78 is 5.24. The highest BCUT2D eigenvalue weighted by Gasteiger charge is 2.37. The number of likely N-dealkylation sites (N-methyl/N-ethyl adjacent to an activating group) is 1. The van der Waals surface area contributed by atoms with Gasteiger partial charge < -0.3 is 14.5 Å². The number of carbonyl (C=O) groups excluding carboxylic acids is 3. The normalized spacial score (nSPS) is 19.1. The van der Waals surface area contributed by atoms with E-state index in [-0.39, 0.29) is 18.5 Å². The number of hydrogen-bond acceptors (Lipinski definition) is 6. The lowest BCUT2D eigenvalue weighted by Gasteiger charge is -2.33. The van der Waals surface area contributed by atoms with Crippen molar-refractivity contribution in [2.45, 2.75) is 19.4 Å². The van der Waals surface area contributed by atoms with Gasteiger partial charge in [-0.15, -0.1) is 11.3 Å². The largest absolute Gasteiger partial charge is 0.497 e. The van der Waals surface area contributed by atoms with E-state index in [2.05, 4.69) is 5.10 Å². The predicted octanol–water partition coefficient (Wildman–Crippen LogP) is 2.13. The zero-order valence-electron chi connectivity index (χ0n) is 17.5. The summed E-state index contributed by atoms with van der Waals surface area (Å²) in [6.07, 6.45) is 0.578. The van der Waals surface area contributed by atoms with E-state index in [9.17, 15) is 14.4 Å². The molecular formula is C22H24N4O4S. The molecule has 1 fully saturated rings. The lowest BCUT2D eigenvalue weighted by Crippen LogP contribution is -2.56. The number of rotatable bonds is 6. The van der Waals surface area contributed by atoms with Crippen LogP contribution in [0.15, 0.2) is 46.9 Å². The molecule has 1 aromatic carbocycles. The van der Waals surface area contributed by atoms with Gasteiger partial charge in [0.05, 0.1) is 23.7 Å². The fourth-order valence-electron chi connectivity index (χ4n) is 3.82. The fourth-order valence-corrected chi connectivity index (χ4v) is 4.54. The van der Waals surface area contributed by atoms with E-state index >= 15 is 0 Å². The second-order valence-electron chi connectivity index (χ2n) is 7.37. The van der Waals surface area contributed by atoms with Gasteiger partial charge in [-0.05, 0) is 36.1 Å². The van der Waals surface area contributed by atoms with Crippen molar-refractivity contribution in [3.8, 4) is 5.75 Å². The second-order valence-corrected chi connectivity index (χ2v) is 8.31. The van der Waals surface area contributed by atoms with Crippen LogP contribution in [-0.2, 0) is 14.4 Å². The highest BCUT2D eigenvalue weighted by atomic mass is 32.1. The van der Waals surface area contributed by atoms with Gasteiger partial charge in [0, 0.05) is 26.1 Å². The maximum absolute atomic E-state index is 13.2. The van der Waals surface area contributed by atoms with Crippen molar-refractivity contribution >= 4 is 34.8 Å². The van der Waals surface area contributed by atoms with Crippen molar-refractivity contribution in [2.24, 2.45) is 5.10 Å². The summed E-state index contributed by atoms with van der Waals surface area (Å²) in [5.41, 5.74) is 1.77. The third-order valence-electron chi connectivity index (χ3n) is 5.58. The molecule has 2 aromatic rings. The molecule has 4 rings (SSSR count). The summed E-state index contributed by atoms with van der Waals surface area (Å²) in [5, 5.41) is 8.05. The molecule has 1 saturated heterocycles. The molecule has 0 bridgehead atoms. The number of amides is 3. The first-order valence-corrected chi connectivity index (χ1v) is 11.0. The van der Waals surface area contributed by atoms with Crippen LogP contribution < -0.4 is 4.74 Å². The van der Waals surface area contributed by atoms with Gasteiger partial charge >= 0.3 is 11.8 Å². The van der Waals surface area contributed by atoms with E-state index < -0.39 is 11.8 Å². The highest BCUT2D eigenvalue weighted by Crippen LogP contribution is 2.34. The minimum atomic E-state index is -0.635. The molecule has 0 unspecified atom stereocenters. The Morgan fingerprint density at radius 3 is 2.48 bits per heavy atom. The van der Waals surface area contributed by atoms with Crippen molar-refractivity contribution in [1.29, 1.82) is 0 Å². The van der Waals surface area contributed by atoms with Gasteiger partial charge in [-0.25, -0.2) is 5.01 Å².